The van der Waals surface area contributed by atoms with Crippen molar-refractivity contribution in [3.8, 4) is 0 Å². The molecule has 0 unspecified atom stereocenters. The molecule has 0 amide bonds. The molecule has 5 nitrogen and oxygen atoms in total. The Hall–Kier alpha value is -0.810. The lowest BCUT2D eigenvalue weighted by Gasteiger charge is -2.03. The Morgan fingerprint density at radius 2 is 1.62 bits per heavy atom. The number of carbonyl (C=O) groups excluding carboxylic acids is 2. The van der Waals surface area contributed by atoms with E-state index in [0.29, 0.717) is 0 Å². The largest absolute Gasteiger partial charge is 0.463 e. The standard InChI is InChI=1S/C7H11ClO5/c1-6(9)12-4-2-11-3-5-13-7(8)10/h2-5H2,1H3. The molecule has 0 radical (unpaired) electrons. The van der Waals surface area contributed by atoms with Gasteiger partial charge < -0.3 is 14.2 Å². The van der Waals surface area contributed by atoms with Crippen molar-refractivity contribution < 1.29 is 23.8 Å². The minimum atomic E-state index is -0.858. The van der Waals surface area contributed by atoms with E-state index in [1.165, 1.54) is 6.92 Å². The van der Waals surface area contributed by atoms with Crippen LogP contribution in [0, 0.1) is 0 Å². The van der Waals surface area contributed by atoms with E-state index in [-0.39, 0.29) is 32.4 Å². The first kappa shape index (κ1) is 12.2. The summed E-state index contributed by atoms with van der Waals surface area (Å²) in [5.41, 5.74) is -0.858. The Morgan fingerprint density at radius 1 is 1.08 bits per heavy atom. The third kappa shape index (κ3) is 11.2. The highest BCUT2D eigenvalue weighted by Crippen LogP contribution is 1.86. The van der Waals surface area contributed by atoms with Crippen LogP contribution in [-0.2, 0) is 19.0 Å². The minimum absolute atomic E-state index is 0.0996. The molecule has 6 heteroatoms. The van der Waals surface area contributed by atoms with Gasteiger partial charge in [-0.25, -0.2) is 4.79 Å². The molecule has 0 aliphatic carbocycles. The molecule has 0 heterocycles. The van der Waals surface area contributed by atoms with Gasteiger partial charge in [-0.3, -0.25) is 4.79 Å². The highest BCUT2D eigenvalue weighted by molar-refractivity contribution is 6.61. The Labute approximate surface area is 80.9 Å². The van der Waals surface area contributed by atoms with Gasteiger partial charge in [0.25, 0.3) is 0 Å². The molecule has 0 saturated heterocycles. The molecule has 0 aliphatic heterocycles. The molecule has 0 fully saturated rings. The summed E-state index contributed by atoms with van der Waals surface area (Å²) < 4.78 is 13.9. The number of ether oxygens (including phenoxy) is 3. The van der Waals surface area contributed by atoms with Gasteiger partial charge in [-0.1, -0.05) is 0 Å². The van der Waals surface area contributed by atoms with Crippen LogP contribution in [0.25, 0.3) is 0 Å². The zero-order valence-corrected chi connectivity index (χ0v) is 8.00. The molecule has 76 valence electrons. The normalized spacial score (nSPS) is 9.38. The van der Waals surface area contributed by atoms with Crippen molar-refractivity contribution in [3.05, 3.63) is 0 Å². The van der Waals surface area contributed by atoms with Crippen LogP contribution in [0.15, 0.2) is 0 Å². The van der Waals surface area contributed by atoms with Gasteiger partial charge in [0, 0.05) is 18.5 Å². The van der Waals surface area contributed by atoms with Gasteiger partial charge >= 0.3 is 11.4 Å². The lowest BCUT2D eigenvalue weighted by molar-refractivity contribution is -0.142. The summed E-state index contributed by atoms with van der Waals surface area (Å²) in [6.45, 7) is 2.13. The fourth-order valence-electron chi connectivity index (χ4n) is 0.527. The Balaban J connectivity index is 3.00. The molecule has 0 N–H and O–H groups in total. The van der Waals surface area contributed by atoms with Crippen LogP contribution in [0.1, 0.15) is 6.92 Å². The van der Waals surface area contributed by atoms with E-state index in [9.17, 15) is 9.59 Å². The summed E-state index contributed by atoms with van der Waals surface area (Å²) in [4.78, 5) is 20.3. The van der Waals surface area contributed by atoms with E-state index in [0.717, 1.165) is 0 Å². The van der Waals surface area contributed by atoms with Gasteiger partial charge in [0.05, 0.1) is 13.2 Å². The number of rotatable bonds is 6. The van der Waals surface area contributed by atoms with Crippen molar-refractivity contribution in [1.82, 2.24) is 0 Å². The average Bonchev–Trinajstić information content (AvgIpc) is 2.01. The van der Waals surface area contributed by atoms with Gasteiger partial charge in [0.2, 0.25) is 0 Å². The third-order valence-corrected chi connectivity index (χ3v) is 1.09. The maximum Gasteiger partial charge on any atom is 0.403 e. The monoisotopic (exact) mass is 210 g/mol. The predicted octanol–water partition coefficient (Wildman–Crippen LogP) is 0.942. The minimum Gasteiger partial charge on any atom is -0.463 e. The van der Waals surface area contributed by atoms with Gasteiger partial charge in [-0.15, -0.1) is 0 Å². The maximum absolute atomic E-state index is 10.3. The zero-order chi connectivity index (χ0) is 10.1. The lowest BCUT2D eigenvalue weighted by atomic mass is 10.7. The second kappa shape index (κ2) is 7.82. The van der Waals surface area contributed by atoms with E-state index < -0.39 is 5.43 Å². The molecule has 0 bridgehead atoms. The number of esters is 1. The van der Waals surface area contributed by atoms with Crippen LogP contribution in [-0.4, -0.2) is 37.8 Å². The van der Waals surface area contributed by atoms with Crippen molar-refractivity contribution in [2.75, 3.05) is 26.4 Å². The van der Waals surface area contributed by atoms with Gasteiger partial charge in [-0.2, -0.15) is 0 Å². The molecule has 0 aromatic rings. The summed E-state index contributed by atoms with van der Waals surface area (Å²) in [5.74, 6) is -0.351. The van der Waals surface area contributed by atoms with Gasteiger partial charge in [0.15, 0.2) is 0 Å². The lowest BCUT2D eigenvalue weighted by Crippen LogP contribution is -2.11. The zero-order valence-electron chi connectivity index (χ0n) is 7.25. The van der Waals surface area contributed by atoms with Crippen molar-refractivity contribution in [1.29, 1.82) is 0 Å². The van der Waals surface area contributed by atoms with Gasteiger partial charge in [-0.05, 0) is 0 Å². The summed E-state index contributed by atoms with van der Waals surface area (Å²) in [7, 11) is 0. The van der Waals surface area contributed by atoms with E-state index in [2.05, 4.69) is 9.47 Å². The average molecular weight is 211 g/mol. The SMILES string of the molecule is CC(=O)OCCOCCOC(=O)Cl. The quantitative estimate of drug-likeness (QED) is 0.371. The second-order valence-electron chi connectivity index (χ2n) is 2.04. The van der Waals surface area contributed by atoms with Crippen LogP contribution in [0.5, 0.6) is 0 Å². The number of carbonyl (C=O) groups is 2. The van der Waals surface area contributed by atoms with E-state index in [4.69, 9.17) is 16.3 Å². The van der Waals surface area contributed by atoms with Crippen molar-refractivity contribution in [3.63, 3.8) is 0 Å². The third-order valence-electron chi connectivity index (χ3n) is 0.976. The van der Waals surface area contributed by atoms with Crippen LogP contribution in [0.4, 0.5) is 4.79 Å². The van der Waals surface area contributed by atoms with Crippen LogP contribution < -0.4 is 0 Å². The molecule has 0 atom stereocenters. The van der Waals surface area contributed by atoms with Crippen molar-refractivity contribution in [2.24, 2.45) is 0 Å². The number of halogens is 1. The highest BCUT2D eigenvalue weighted by Gasteiger charge is 1.95. The van der Waals surface area contributed by atoms with Crippen LogP contribution in [0.2, 0.25) is 0 Å². The summed E-state index contributed by atoms with van der Waals surface area (Å²) in [6, 6.07) is 0. The molecule has 0 rings (SSSR count). The van der Waals surface area contributed by atoms with Gasteiger partial charge in [0.1, 0.15) is 13.2 Å². The predicted molar refractivity (Wildman–Crippen MR) is 44.7 cm³/mol. The van der Waals surface area contributed by atoms with Crippen molar-refractivity contribution in [2.45, 2.75) is 6.92 Å². The van der Waals surface area contributed by atoms with Crippen molar-refractivity contribution >= 4 is 23.0 Å². The van der Waals surface area contributed by atoms with E-state index in [1.807, 2.05) is 0 Å². The fourth-order valence-corrected chi connectivity index (χ4v) is 0.604. The molecule has 13 heavy (non-hydrogen) atoms. The smallest absolute Gasteiger partial charge is 0.403 e. The van der Waals surface area contributed by atoms with Crippen LogP contribution >= 0.6 is 11.6 Å². The van der Waals surface area contributed by atoms with E-state index >= 15 is 0 Å². The maximum atomic E-state index is 10.3. The summed E-state index contributed by atoms with van der Waals surface area (Å²) in [6.07, 6.45) is 0. The molecule has 0 aromatic carbocycles. The molecule has 0 spiro atoms. The Bertz CT molecular complexity index is 152. The summed E-state index contributed by atoms with van der Waals surface area (Å²) >= 11 is 4.87. The molecular formula is C7H11ClO5. The first-order chi connectivity index (χ1) is 6.13. The summed E-state index contributed by atoms with van der Waals surface area (Å²) in [5, 5.41) is 0. The first-order valence-corrected chi connectivity index (χ1v) is 4.04. The molecular weight excluding hydrogens is 200 g/mol. The van der Waals surface area contributed by atoms with E-state index in [1.54, 1.807) is 0 Å². The van der Waals surface area contributed by atoms with Crippen LogP contribution in [0.3, 0.4) is 0 Å². The Kier molecular flexibility index (Phi) is 7.33. The second-order valence-corrected chi connectivity index (χ2v) is 2.35. The molecule has 0 aromatic heterocycles. The first-order valence-electron chi connectivity index (χ1n) is 3.66. The Morgan fingerprint density at radius 3 is 2.08 bits per heavy atom. The topological polar surface area (TPSA) is 61.8 Å². The molecule has 0 saturated carbocycles. The highest BCUT2D eigenvalue weighted by atomic mass is 35.5. The molecule has 0 aliphatic rings. The fraction of sp³-hybridized carbons (Fsp3) is 0.714. The number of hydrogen-bond acceptors (Lipinski definition) is 5. The number of hydrogen-bond donors (Lipinski definition) is 0.